The molecule has 2 aliphatic heterocycles. The van der Waals surface area contributed by atoms with E-state index in [0.29, 0.717) is 6.61 Å². The fourth-order valence-electron chi connectivity index (χ4n) is 4.12. The predicted octanol–water partition coefficient (Wildman–Crippen LogP) is 3.28. The first kappa shape index (κ1) is 18.1. The van der Waals surface area contributed by atoms with Gasteiger partial charge in [0.1, 0.15) is 12.4 Å². The van der Waals surface area contributed by atoms with Crippen LogP contribution in [0.15, 0.2) is 48.5 Å². The largest absolute Gasteiger partial charge is 0.492 e. The van der Waals surface area contributed by atoms with Crippen LogP contribution in [0.1, 0.15) is 23.1 Å². The third-order valence-electron chi connectivity index (χ3n) is 5.78. The SMILES string of the molecule is Cc1ccccc1CN1CCCN(C(=O)C2COc3ccccc3C2)CC1. The van der Waals surface area contributed by atoms with Gasteiger partial charge in [-0.2, -0.15) is 0 Å². The van der Waals surface area contributed by atoms with Crippen molar-refractivity contribution < 1.29 is 9.53 Å². The van der Waals surface area contributed by atoms with Crippen LogP contribution in [0.3, 0.4) is 0 Å². The molecule has 0 N–H and O–H groups in total. The molecule has 1 unspecified atom stereocenters. The Morgan fingerprint density at radius 1 is 1.04 bits per heavy atom. The third-order valence-corrected chi connectivity index (χ3v) is 5.78. The number of ether oxygens (including phenoxy) is 1. The highest BCUT2D eigenvalue weighted by Gasteiger charge is 2.30. The lowest BCUT2D eigenvalue weighted by atomic mass is 9.95. The summed E-state index contributed by atoms with van der Waals surface area (Å²) in [5.74, 6) is 1.13. The molecule has 0 aromatic heterocycles. The maximum atomic E-state index is 13.1. The Morgan fingerprint density at radius 2 is 1.85 bits per heavy atom. The second kappa shape index (κ2) is 8.13. The summed E-state index contributed by atoms with van der Waals surface area (Å²) < 4.78 is 5.83. The molecule has 2 heterocycles. The van der Waals surface area contributed by atoms with Crippen molar-refractivity contribution in [2.75, 3.05) is 32.8 Å². The Hall–Kier alpha value is -2.33. The van der Waals surface area contributed by atoms with Crippen LogP contribution in [0, 0.1) is 12.8 Å². The molecule has 1 amide bonds. The van der Waals surface area contributed by atoms with Crippen molar-refractivity contribution in [1.82, 2.24) is 9.80 Å². The summed E-state index contributed by atoms with van der Waals surface area (Å²) in [5, 5.41) is 0. The Labute approximate surface area is 161 Å². The van der Waals surface area contributed by atoms with E-state index in [4.69, 9.17) is 4.74 Å². The minimum atomic E-state index is -0.0529. The number of carbonyl (C=O) groups is 1. The summed E-state index contributed by atoms with van der Waals surface area (Å²) in [6, 6.07) is 16.6. The van der Waals surface area contributed by atoms with Crippen LogP contribution in [0.4, 0.5) is 0 Å². The van der Waals surface area contributed by atoms with Gasteiger partial charge in [0, 0.05) is 32.7 Å². The number of rotatable bonds is 3. The van der Waals surface area contributed by atoms with E-state index < -0.39 is 0 Å². The number of amides is 1. The summed E-state index contributed by atoms with van der Waals surface area (Å²) in [5.41, 5.74) is 3.88. The van der Waals surface area contributed by atoms with E-state index in [1.54, 1.807) is 0 Å². The zero-order valence-electron chi connectivity index (χ0n) is 16.1. The summed E-state index contributed by atoms with van der Waals surface area (Å²) in [6.07, 6.45) is 1.82. The van der Waals surface area contributed by atoms with Crippen LogP contribution in [0.2, 0.25) is 0 Å². The number of para-hydroxylation sites is 1. The minimum absolute atomic E-state index is 0.0529. The van der Waals surface area contributed by atoms with Crippen molar-refractivity contribution in [3.05, 3.63) is 65.2 Å². The molecule has 1 saturated heterocycles. The molecule has 4 heteroatoms. The van der Waals surface area contributed by atoms with Crippen molar-refractivity contribution in [3.8, 4) is 5.75 Å². The van der Waals surface area contributed by atoms with Crippen molar-refractivity contribution in [1.29, 1.82) is 0 Å². The Kier molecular flexibility index (Phi) is 5.44. The van der Waals surface area contributed by atoms with Crippen molar-refractivity contribution >= 4 is 5.91 Å². The number of nitrogens with zero attached hydrogens (tertiary/aromatic N) is 2. The van der Waals surface area contributed by atoms with E-state index in [0.717, 1.165) is 56.9 Å². The fourth-order valence-corrected chi connectivity index (χ4v) is 4.12. The molecule has 0 spiro atoms. The summed E-state index contributed by atoms with van der Waals surface area (Å²) in [4.78, 5) is 17.6. The van der Waals surface area contributed by atoms with Gasteiger partial charge in [-0.15, -0.1) is 0 Å². The van der Waals surface area contributed by atoms with Crippen molar-refractivity contribution in [2.24, 2.45) is 5.92 Å². The monoisotopic (exact) mass is 364 g/mol. The van der Waals surface area contributed by atoms with Gasteiger partial charge in [0.05, 0.1) is 5.92 Å². The molecular formula is C23H28N2O2. The van der Waals surface area contributed by atoms with Gasteiger partial charge >= 0.3 is 0 Å². The van der Waals surface area contributed by atoms with Gasteiger partial charge in [0.15, 0.2) is 0 Å². The number of benzene rings is 2. The molecule has 4 nitrogen and oxygen atoms in total. The lowest BCUT2D eigenvalue weighted by molar-refractivity contribution is -0.136. The highest BCUT2D eigenvalue weighted by Crippen LogP contribution is 2.28. The van der Waals surface area contributed by atoms with Crippen molar-refractivity contribution in [3.63, 3.8) is 0 Å². The van der Waals surface area contributed by atoms with Gasteiger partial charge in [0.2, 0.25) is 5.91 Å². The van der Waals surface area contributed by atoms with Crippen LogP contribution in [0.5, 0.6) is 5.75 Å². The molecule has 1 atom stereocenters. The Bertz CT molecular complexity index is 804. The standard InChI is InChI=1S/C23H28N2O2/c1-18-7-2-3-9-20(18)16-24-11-6-12-25(14-13-24)23(26)21-15-19-8-4-5-10-22(19)27-17-21/h2-5,7-10,21H,6,11-17H2,1H3. The maximum Gasteiger partial charge on any atom is 0.229 e. The van der Waals surface area contributed by atoms with Crippen LogP contribution in [0.25, 0.3) is 0 Å². The molecule has 1 fully saturated rings. The van der Waals surface area contributed by atoms with Gasteiger partial charge in [0.25, 0.3) is 0 Å². The highest BCUT2D eigenvalue weighted by molar-refractivity contribution is 5.79. The summed E-state index contributed by atoms with van der Waals surface area (Å²) in [6.45, 7) is 7.27. The molecule has 142 valence electrons. The van der Waals surface area contributed by atoms with Crippen molar-refractivity contribution in [2.45, 2.75) is 26.3 Å². The third kappa shape index (κ3) is 4.16. The number of hydrogen-bond acceptors (Lipinski definition) is 3. The minimum Gasteiger partial charge on any atom is -0.492 e. The summed E-state index contributed by atoms with van der Waals surface area (Å²) >= 11 is 0. The second-order valence-corrected chi connectivity index (χ2v) is 7.70. The summed E-state index contributed by atoms with van der Waals surface area (Å²) in [7, 11) is 0. The number of carbonyl (C=O) groups excluding carboxylic acids is 1. The normalized spacial score (nSPS) is 20.5. The molecule has 4 rings (SSSR count). The lowest BCUT2D eigenvalue weighted by Gasteiger charge is -2.30. The molecular weight excluding hydrogens is 336 g/mol. The van der Waals surface area contributed by atoms with Gasteiger partial charge in [-0.05, 0) is 42.5 Å². The van der Waals surface area contributed by atoms with Gasteiger partial charge in [-0.3, -0.25) is 9.69 Å². The van der Waals surface area contributed by atoms with Gasteiger partial charge in [-0.1, -0.05) is 42.5 Å². The van der Waals surface area contributed by atoms with E-state index in [1.165, 1.54) is 11.1 Å². The average molecular weight is 364 g/mol. The van der Waals surface area contributed by atoms with E-state index in [-0.39, 0.29) is 11.8 Å². The first-order chi connectivity index (χ1) is 13.2. The molecule has 0 aliphatic carbocycles. The number of aryl methyl sites for hydroxylation is 1. The smallest absolute Gasteiger partial charge is 0.229 e. The van der Waals surface area contributed by atoms with Crippen LogP contribution in [-0.2, 0) is 17.8 Å². The molecule has 0 radical (unpaired) electrons. The predicted molar refractivity (Wildman–Crippen MR) is 107 cm³/mol. The van der Waals surface area contributed by atoms with Crippen LogP contribution in [-0.4, -0.2) is 48.5 Å². The van der Waals surface area contributed by atoms with Gasteiger partial charge in [-0.25, -0.2) is 0 Å². The fraction of sp³-hybridized carbons (Fsp3) is 0.435. The average Bonchev–Trinajstić information content (AvgIpc) is 2.94. The zero-order valence-corrected chi connectivity index (χ0v) is 16.1. The van der Waals surface area contributed by atoms with E-state index in [9.17, 15) is 4.79 Å². The molecule has 27 heavy (non-hydrogen) atoms. The molecule has 0 saturated carbocycles. The lowest BCUT2D eigenvalue weighted by Crippen LogP contribution is -2.42. The quantitative estimate of drug-likeness (QED) is 0.838. The number of fused-ring (bicyclic) bond motifs is 1. The first-order valence-corrected chi connectivity index (χ1v) is 9.97. The van der Waals surface area contributed by atoms with E-state index in [1.807, 2.05) is 18.2 Å². The Morgan fingerprint density at radius 3 is 2.74 bits per heavy atom. The van der Waals surface area contributed by atoms with E-state index >= 15 is 0 Å². The topological polar surface area (TPSA) is 32.8 Å². The molecule has 2 aliphatic rings. The van der Waals surface area contributed by atoms with Gasteiger partial charge < -0.3 is 9.64 Å². The zero-order chi connectivity index (χ0) is 18.6. The second-order valence-electron chi connectivity index (χ2n) is 7.70. The van der Waals surface area contributed by atoms with Crippen LogP contribution < -0.4 is 4.74 Å². The molecule has 0 bridgehead atoms. The highest BCUT2D eigenvalue weighted by atomic mass is 16.5. The van der Waals surface area contributed by atoms with E-state index in [2.05, 4.69) is 47.1 Å². The Balaban J connectivity index is 1.35. The number of hydrogen-bond donors (Lipinski definition) is 0. The molecule has 2 aromatic carbocycles. The first-order valence-electron chi connectivity index (χ1n) is 9.97. The molecule has 2 aromatic rings. The van der Waals surface area contributed by atoms with Crippen LogP contribution >= 0.6 is 0 Å². The maximum absolute atomic E-state index is 13.1.